The Hall–Kier alpha value is -1.98. The van der Waals surface area contributed by atoms with E-state index in [1.165, 1.54) is 78.7 Å². The second-order valence-electron chi connectivity index (χ2n) is 8.29. The standard InChI is InChI=1S/C26H33N3S2/c1-2-3-4-5-6-7-8-9-10-11-18-29-27-25-21(23-14-12-19-30-23)16-17-22(26(25)28-29)24-15-13-20-31-24/h12-17,19-20H,2-11,18H2,1H3. The van der Waals surface area contributed by atoms with Crippen molar-refractivity contribution in [1.29, 1.82) is 0 Å². The highest BCUT2D eigenvalue weighted by Gasteiger charge is 2.16. The molecule has 4 aromatic rings. The van der Waals surface area contributed by atoms with Crippen LogP contribution in [0.4, 0.5) is 0 Å². The van der Waals surface area contributed by atoms with E-state index in [4.69, 9.17) is 10.2 Å². The molecule has 0 aliphatic heterocycles. The maximum absolute atomic E-state index is 4.93. The third-order valence-electron chi connectivity index (χ3n) is 5.87. The van der Waals surface area contributed by atoms with E-state index in [-0.39, 0.29) is 0 Å². The number of aryl methyl sites for hydroxylation is 1. The van der Waals surface area contributed by atoms with E-state index in [9.17, 15) is 0 Å². The molecule has 0 spiro atoms. The van der Waals surface area contributed by atoms with Crippen molar-refractivity contribution in [3.05, 3.63) is 47.2 Å². The van der Waals surface area contributed by atoms with E-state index < -0.39 is 0 Å². The Morgan fingerprint density at radius 1 is 0.645 bits per heavy atom. The summed E-state index contributed by atoms with van der Waals surface area (Å²) in [6, 6.07) is 13.0. The van der Waals surface area contributed by atoms with Gasteiger partial charge in [0.25, 0.3) is 0 Å². The van der Waals surface area contributed by atoms with Crippen molar-refractivity contribution in [2.24, 2.45) is 0 Å². The predicted molar refractivity (Wildman–Crippen MR) is 136 cm³/mol. The van der Waals surface area contributed by atoms with Crippen molar-refractivity contribution in [2.75, 3.05) is 0 Å². The second kappa shape index (κ2) is 11.6. The van der Waals surface area contributed by atoms with Gasteiger partial charge in [-0.25, -0.2) is 0 Å². The minimum Gasteiger partial charge on any atom is -0.184 e. The molecule has 5 heteroatoms. The van der Waals surface area contributed by atoms with E-state index in [2.05, 4.69) is 54.1 Å². The minimum atomic E-state index is 0.902. The fraction of sp³-hybridized carbons (Fsp3) is 0.462. The highest BCUT2D eigenvalue weighted by molar-refractivity contribution is 7.14. The third kappa shape index (κ3) is 5.83. The molecule has 31 heavy (non-hydrogen) atoms. The molecule has 0 aliphatic rings. The van der Waals surface area contributed by atoms with Gasteiger partial charge in [0, 0.05) is 20.9 Å². The molecule has 3 aromatic heterocycles. The molecule has 0 amide bonds. The zero-order valence-corrected chi connectivity index (χ0v) is 20.2. The van der Waals surface area contributed by atoms with E-state index in [1.54, 1.807) is 22.7 Å². The zero-order chi connectivity index (χ0) is 21.3. The van der Waals surface area contributed by atoms with Crippen molar-refractivity contribution >= 4 is 33.7 Å². The van der Waals surface area contributed by atoms with Crippen LogP contribution in [-0.2, 0) is 6.54 Å². The molecule has 0 saturated heterocycles. The molecule has 3 heterocycles. The summed E-state index contributed by atoms with van der Waals surface area (Å²) in [6.07, 6.45) is 13.5. The number of aromatic nitrogens is 3. The van der Waals surface area contributed by atoms with Crippen LogP contribution in [0.15, 0.2) is 47.2 Å². The summed E-state index contributed by atoms with van der Waals surface area (Å²) in [5, 5.41) is 14.1. The monoisotopic (exact) mass is 451 g/mol. The summed E-state index contributed by atoms with van der Waals surface area (Å²) in [4.78, 5) is 4.45. The van der Waals surface area contributed by atoms with Crippen molar-refractivity contribution in [3.63, 3.8) is 0 Å². The topological polar surface area (TPSA) is 30.7 Å². The molecule has 1 aromatic carbocycles. The summed E-state index contributed by atoms with van der Waals surface area (Å²) in [7, 11) is 0. The third-order valence-corrected chi connectivity index (χ3v) is 7.67. The van der Waals surface area contributed by atoms with Gasteiger partial charge in [0.05, 0.1) is 6.54 Å². The van der Waals surface area contributed by atoms with Gasteiger partial charge in [0.1, 0.15) is 11.0 Å². The molecule has 0 aliphatic carbocycles. The molecule has 0 bridgehead atoms. The lowest BCUT2D eigenvalue weighted by atomic mass is 10.1. The number of fused-ring (bicyclic) bond motifs is 1. The van der Waals surface area contributed by atoms with Crippen molar-refractivity contribution < 1.29 is 0 Å². The second-order valence-corrected chi connectivity index (χ2v) is 10.2. The Bertz CT molecular complexity index is 961. The normalized spacial score (nSPS) is 11.5. The fourth-order valence-corrected chi connectivity index (χ4v) is 5.64. The number of benzene rings is 1. The number of hydrogen-bond donors (Lipinski definition) is 0. The summed E-state index contributed by atoms with van der Waals surface area (Å²) in [5.41, 5.74) is 4.44. The molecule has 3 nitrogen and oxygen atoms in total. The Kier molecular flexibility index (Phi) is 8.31. The van der Waals surface area contributed by atoms with E-state index in [1.807, 2.05) is 4.80 Å². The van der Waals surface area contributed by atoms with Crippen LogP contribution < -0.4 is 0 Å². The lowest BCUT2D eigenvalue weighted by Gasteiger charge is -2.02. The van der Waals surface area contributed by atoms with Gasteiger partial charge in [0.15, 0.2) is 0 Å². The highest BCUT2D eigenvalue weighted by atomic mass is 32.1. The molecule has 0 N–H and O–H groups in total. The predicted octanol–water partition coefficient (Wildman–Crippen LogP) is 8.81. The Morgan fingerprint density at radius 3 is 1.58 bits per heavy atom. The van der Waals surface area contributed by atoms with Crippen LogP contribution in [0.25, 0.3) is 31.9 Å². The zero-order valence-electron chi connectivity index (χ0n) is 18.6. The van der Waals surface area contributed by atoms with E-state index >= 15 is 0 Å². The fourth-order valence-electron chi connectivity index (χ4n) is 4.14. The maximum Gasteiger partial charge on any atom is 0.122 e. The Morgan fingerprint density at radius 2 is 1.13 bits per heavy atom. The van der Waals surface area contributed by atoms with Crippen LogP contribution in [-0.4, -0.2) is 15.0 Å². The summed E-state index contributed by atoms with van der Waals surface area (Å²) < 4.78 is 0. The van der Waals surface area contributed by atoms with Crippen LogP contribution in [0.5, 0.6) is 0 Å². The molecule has 0 atom stereocenters. The SMILES string of the molecule is CCCCCCCCCCCCn1nc2c(-c3cccs3)ccc(-c3cccs3)c2n1. The number of unbranched alkanes of at least 4 members (excludes halogenated alkanes) is 9. The van der Waals surface area contributed by atoms with Gasteiger partial charge in [0.2, 0.25) is 0 Å². The Labute approximate surface area is 194 Å². The van der Waals surface area contributed by atoms with Gasteiger partial charge < -0.3 is 0 Å². The average molecular weight is 452 g/mol. The smallest absolute Gasteiger partial charge is 0.122 e. The Balaban J connectivity index is 1.38. The molecule has 0 unspecified atom stereocenters. The number of nitrogens with zero attached hydrogens (tertiary/aromatic N) is 3. The van der Waals surface area contributed by atoms with E-state index in [0.29, 0.717) is 0 Å². The van der Waals surface area contributed by atoms with Crippen LogP contribution in [0.3, 0.4) is 0 Å². The van der Waals surface area contributed by atoms with Gasteiger partial charge in [-0.05, 0) is 29.3 Å². The summed E-state index contributed by atoms with van der Waals surface area (Å²) in [6.45, 7) is 3.18. The molecule has 0 fully saturated rings. The quantitative estimate of drug-likeness (QED) is 0.190. The first-order valence-electron chi connectivity index (χ1n) is 11.8. The van der Waals surface area contributed by atoms with Crippen molar-refractivity contribution in [1.82, 2.24) is 15.0 Å². The van der Waals surface area contributed by atoms with Crippen molar-refractivity contribution in [2.45, 2.75) is 77.7 Å². The van der Waals surface area contributed by atoms with Gasteiger partial charge in [-0.2, -0.15) is 15.0 Å². The lowest BCUT2D eigenvalue weighted by molar-refractivity contribution is 0.483. The molecular weight excluding hydrogens is 418 g/mol. The van der Waals surface area contributed by atoms with Crippen LogP contribution in [0, 0.1) is 0 Å². The molecule has 0 radical (unpaired) electrons. The molecule has 4 rings (SSSR count). The number of thiophene rings is 2. The number of rotatable bonds is 13. The van der Waals surface area contributed by atoms with Gasteiger partial charge >= 0.3 is 0 Å². The molecule has 164 valence electrons. The minimum absolute atomic E-state index is 0.902. The van der Waals surface area contributed by atoms with Crippen LogP contribution in [0.2, 0.25) is 0 Å². The first-order chi connectivity index (χ1) is 15.4. The van der Waals surface area contributed by atoms with Crippen molar-refractivity contribution in [3.8, 4) is 20.9 Å². The van der Waals surface area contributed by atoms with Crippen LogP contribution in [0.1, 0.15) is 71.1 Å². The van der Waals surface area contributed by atoms with Gasteiger partial charge in [-0.15, -0.1) is 22.7 Å². The number of hydrogen-bond acceptors (Lipinski definition) is 4. The molecule has 0 saturated carbocycles. The first-order valence-corrected chi connectivity index (χ1v) is 13.6. The largest absolute Gasteiger partial charge is 0.184 e. The average Bonchev–Trinajstić information content (AvgIpc) is 3.55. The lowest BCUT2D eigenvalue weighted by Crippen LogP contribution is -2.02. The van der Waals surface area contributed by atoms with Gasteiger partial charge in [-0.1, -0.05) is 89.0 Å². The first kappa shape index (κ1) is 22.2. The van der Waals surface area contributed by atoms with Gasteiger partial charge in [-0.3, -0.25) is 0 Å². The maximum atomic E-state index is 4.93. The van der Waals surface area contributed by atoms with Crippen LogP contribution >= 0.6 is 22.7 Å². The van der Waals surface area contributed by atoms with E-state index in [0.717, 1.165) is 24.0 Å². The summed E-state index contributed by atoms with van der Waals surface area (Å²) in [5.74, 6) is 0. The highest BCUT2D eigenvalue weighted by Crippen LogP contribution is 2.37. The molecular formula is C26H33N3S2. The summed E-state index contributed by atoms with van der Waals surface area (Å²) >= 11 is 3.53.